The highest BCUT2D eigenvalue weighted by atomic mass is 32.1. The van der Waals surface area contributed by atoms with Gasteiger partial charge in [0.1, 0.15) is 6.61 Å². The highest BCUT2D eigenvalue weighted by molar-refractivity contribution is 7.09. The third-order valence-electron chi connectivity index (χ3n) is 4.34. The number of carbonyl (C=O) groups excluding carboxylic acids is 2. The fourth-order valence-corrected chi connectivity index (χ4v) is 3.30. The fraction of sp³-hybridized carbons (Fsp3) is 0.350. The summed E-state index contributed by atoms with van der Waals surface area (Å²) in [5.41, 5.74) is 1.81. The van der Waals surface area contributed by atoms with Gasteiger partial charge in [-0.3, -0.25) is 9.69 Å². The number of guanidine groups is 1. The maximum Gasteiger partial charge on any atom is 0.414 e. The number of anilines is 1. The van der Waals surface area contributed by atoms with Crippen LogP contribution in [0, 0.1) is 0 Å². The van der Waals surface area contributed by atoms with E-state index in [-0.39, 0.29) is 18.5 Å². The lowest BCUT2D eigenvalue weighted by Crippen LogP contribution is -2.42. The summed E-state index contributed by atoms with van der Waals surface area (Å²) in [5.74, 6) is 0.540. The molecule has 1 aromatic heterocycles. The smallest absolute Gasteiger partial charge is 0.414 e. The van der Waals surface area contributed by atoms with Gasteiger partial charge in [-0.15, -0.1) is 11.3 Å². The number of carbonyl (C=O) groups is 2. The summed E-state index contributed by atoms with van der Waals surface area (Å²) in [6, 6.07) is 11.7. The third-order valence-corrected chi connectivity index (χ3v) is 5.22. The molecule has 2 amide bonds. The predicted molar refractivity (Wildman–Crippen MR) is 114 cm³/mol. The van der Waals surface area contributed by atoms with E-state index in [1.807, 2.05) is 41.8 Å². The summed E-state index contributed by atoms with van der Waals surface area (Å²) in [4.78, 5) is 32.4. The molecule has 0 unspecified atom stereocenters. The molecule has 0 spiro atoms. The van der Waals surface area contributed by atoms with Crippen LogP contribution in [0.5, 0.6) is 0 Å². The van der Waals surface area contributed by atoms with Gasteiger partial charge in [-0.25, -0.2) is 9.79 Å². The average Bonchev–Trinajstić information content (AvgIpc) is 3.39. The number of hydrogen-bond acceptors (Lipinski definition) is 5. The van der Waals surface area contributed by atoms with Crippen LogP contribution >= 0.6 is 11.3 Å². The minimum absolute atomic E-state index is 0.0301. The number of thiophene rings is 1. The van der Waals surface area contributed by atoms with Gasteiger partial charge in [-0.1, -0.05) is 18.2 Å². The molecule has 0 saturated carbocycles. The first-order chi connectivity index (χ1) is 14.0. The van der Waals surface area contributed by atoms with Crippen LogP contribution in [0.25, 0.3) is 0 Å². The van der Waals surface area contributed by atoms with E-state index in [0.717, 1.165) is 11.3 Å². The van der Waals surface area contributed by atoms with E-state index in [0.29, 0.717) is 32.2 Å². The Hall–Kier alpha value is -3.07. The van der Waals surface area contributed by atoms with Crippen molar-refractivity contribution in [3.8, 4) is 0 Å². The Kier molecular flexibility index (Phi) is 7.07. The van der Waals surface area contributed by atoms with Crippen LogP contribution in [0.4, 0.5) is 10.5 Å². The van der Waals surface area contributed by atoms with Crippen LogP contribution in [-0.2, 0) is 22.6 Å². The van der Waals surface area contributed by atoms with Crippen molar-refractivity contribution < 1.29 is 14.3 Å². The van der Waals surface area contributed by atoms with Crippen LogP contribution in [0.2, 0.25) is 0 Å². The topological polar surface area (TPSA) is 86.3 Å². The number of aliphatic imine (C=N–C) groups is 1. The number of benzene rings is 1. The van der Waals surface area contributed by atoms with Gasteiger partial charge in [0.25, 0.3) is 0 Å². The van der Waals surface area contributed by atoms with Gasteiger partial charge in [-0.05, 0) is 29.1 Å². The van der Waals surface area contributed by atoms with Crippen molar-refractivity contribution >= 4 is 35.0 Å². The first kappa shape index (κ1) is 20.7. The van der Waals surface area contributed by atoms with Gasteiger partial charge in [0.15, 0.2) is 5.96 Å². The average molecular weight is 416 g/mol. The zero-order chi connectivity index (χ0) is 20.6. The van der Waals surface area contributed by atoms with Gasteiger partial charge in [0.05, 0.1) is 26.2 Å². The van der Waals surface area contributed by atoms with E-state index < -0.39 is 0 Å². The van der Waals surface area contributed by atoms with E-state index in [1.54, 1.807) is 30.3 Å². The molecule has 2 heterocycles. The second-order valence-corrected chi connectivity index (χ2v) is 7.70. The summed E-state index contributed by atoms with van der Waals surface area (Å²) in [7, 11) is 3.44. The molecule has 0 atom stereocenters. The number of nitrogens with zero attached hydrogens (tertiary/aromatic N) is 3. The number of ether oxygens (including phenoxy) is 1. The molecule has 0 bridgehead atoms. The van der Waals surface area contributed by atoms with Gasteiger partial charge < -0.3 is 20.3 Å². The molecular weight excluding hydrogens is 390 g/mol. The van der Waals surface area contributed by atoms with E-state index in [4.69, 9.17) is 4.74 Å². The SMILES string of the molecule is CN(C)C(=O)CNC(=NCc1ccc(N2CCOC2=O)cc1)NCc1cccs1. The molecule has 29 heavy (non-hydrogen) atoms. The number of hydrogen-bond donors (Lipinski definition) is 2. The number of amides is 2. The first-order valence-electron chi connectivity index (χ1n) is 9.31. The lowest BCUT2D eigenvalue weighted by Gasteiger charge is -2.15. The van der Waals surface area contributed by atoms with Crippen molar-refractivity contribution in [2.24, 2.45) is 4.99 Å². The zero-order valence-corrected chi connectivity index (χ0v) is 17.4. The lowest BCUT2D eigenvalue weighted by molar-refractivity contribution is -0.127. The summed E-state index contributed by atoms with van der Waals surface area (Å²) >= 11 is 1.66. The van der Waals surface area contributed by atoms with Crippen LogP contribution in [0.1, 0.15) is 10.4 Å². The van der Waals surface area contributed by atoms with Crippen LogP contribution < -0.4 is 15.5 Å². The number of cyclic esters (lactones) is 1. The van der Waals surface area contributed by atoms with Gasteiger partial charge in [-0.2, -0.15) is 0 Å². The van der Waals surface area contributed by atoms with E-state index in [9.17, 15) is 9.59 Å². The van der Waals surface area contributed by atoms with Crippen molar-refractivity contribution in [1.82, 2.24) is 15.5 Å². The molecule has 3 rings (SSSR count). The van der Waals surface area contributed by atoms with Gasteiger partial charge >= 0.3 is 6.09 Å². The van der Waals surface area contributed by atoms with Crippen molar-refractivity contribution in [2.75, 3.05) is 38.7 Å². The Labute approximate surface area is 174 Å². The van der Waals surface area contributed by atoms with E-state index in [2.05, 4.69) is 15.6 Å². The summed E-state index contributed by atoms with van der Waals surface area (Å²) in [6.45, 7) is 2.23. The Morgan fingerprint density at radius 3 is 2.66 bits per heavy atom. The second-order valence-electron chi connectivity index (χ2n) is 6.67. The quantitative estimate of drug-likeness (QED) is 0.534. The number of likely N-dealkylation sites (N-methyl/N-ethyl adjacent to an activating group) is 1. The summed E-state index contributed by atoms with van der Waals surface area (Å²) in [6.07, 6.45) is -0.314. The summed E-state index contributed by atoms with van der Waals surface area (Å²) in [5, 5.41) is 8.36. The number of nitrogens with one attached hydrogen (secondary N) is 2. The molecule has 0 aliphatic carbocycles. The van der Waals surface area contributed by atoms with Crippen molar-refractivity contribution in [3.05, 3.63) is 52.2 Å². The monoisotopic (exact) mass is 415 g/mol. The normalized spacial score (nSPS) is 13.9. The molecule has 154 valence electrons. The number of rotatable bonds is 7. The minimum atomic E-state index is -0.314. The van der Waals surface area contributed by atoms with Crippen molar-refractivity contribution in [1.29, 1.82) is 0 Å². The molecular formula is C20H25N5O3S. The van der Waals surface area contributed by atoms with Crippen LogP contribution in [0.3, 0.4) is 0 Å². The summed E-state index contributed by atoms with van der Waals surface area (Å²) < 4.78 is 4.97. The molecule has 1 fully saturated rings. The Balaban J connectivity index is 1.62. The highest BCUT2D eigenvalue weighted by Crippen LogP contribution is 2.19. The molecule has 8 nitrogen and oxygen atoms in total. The van der Waals surface area contributed by atoms with Crippen LogP contribution in [0.15, 0.2) is 46.8 Å². The lowest BCUT2D eigenvalue weighted by atomic mass is 10.2. The molecule has 1 saturated heterocycles. The molecule has 0 radical (unpaired) electrons. The van der Waals surface area contributed by atoms with E-state index >= 15 is 0 Å². The van der Waals surface area contributed by atoms with Gasteiger partial charge in [0.2, 0.25) is 5.91 Å². The largest absolute Gasteiger partial charge is 0.447 e. The van der Waals surface area contributed by atoms with Crippen LogP contribution in [-0.4, -0.2) is 56.7 Å². The molecule has 9 heteroatoms. The Morgan fingerprint density at radius 2 is 2.03 bits per heavy atom. The fourth-order valence-electron chi connectivity index (χ4n) is 2.66. The highest BCUT2D eigenvalue weighted by Gasteiger charge is 2.23. The van der Waals surface area contributed by atoms with E-state index in [1.165, 1.54) is 9.78 Å². The maximum atomic E-state index is 11.9. The molecule has 2 N–H and O–H groups in total. The Bertz CT molecular complexity index is 850. The van der Waals surface area contributed by atoms with Crippen molar-refractivity contribution in [3.63, 3.8) is 0 Å². The van der Waals surface area contributed by atoms with Crippen molar-refractivity contribution in [2.45, 2.75) is 13.1 Å². The standard InChI is InChI=1S/C20H25N5O3S/c1-24(2)18(26)14-23-19(22-13-17-4-3-11-29-17)21-12-15-5-7-16(8-6-15)25-9-10-28-20(25)27/h3-8,11H,9-10,12-14H2,1-2H3,(H2,21,22,23). The molecule has 1 aliphatic heterocycles. The molecule has 2 aromatic rings. The third kappa shape index (κ3) is 5.95. The predicted octanol–water partition coefficient (Wildman–Crippen LogP) is 2.03. The molecule has 1 aliphatic rings. The zero-order valence-electron chi connectivity index (χ0n) is 16.6. The van der Waals surface area contributed by atoms with Gasteiger partial charge in [0, 0.05) is 24.7 Å². The molecule has 1 aromatic carbocycles. The Morgan fingerprint density at radius 1 is 1.24 bits per heavy atom. The minimum Gasteiger partial charge on any atom is -0.447 e. The maximum absolute atomic E-state index is 11.9. The first-order valence-corrected chi connectivity index (χ1v) is 10.2. The second kappa shape index (κ2) is 9.92.